The highest BCUT2D eigenvalue weighted by Gasteiger charge is 2.17. The van der Waals surface area contributed by atoms with Crippen LogP contribution in [0, 0.1) is 5.92 Å². The first-order chi connectivity index (χ1) is 9.97. The molecule has 0 spiro atoms. The quantitative estimate of drug-likeness (QED) is 0.570. The number of rotatable bonds is 9. The standard InChI is InChI=1S/C18H28BrNO/c1-5-17(6-2)20(13-14(3)4)11-10-18(21)15-8-7-9-16(19)12-15/h7-9,12,14,17H,5-6,10-11,13H2,1-4H3. The van der Waals surface area contributed by atoms with Gasteiger partial charge in [0, 0.05) is 35.6 Å². The van der Waals surface area contributed by atoms with Crippen molar-refractivity contribution in [2.75, 3.05) is 13.1 Å². The summed E-state index contributed by atoms with van der Waals surface area (Å²) in [6, 6.07) is 8.27. The van der Waals surface area contributed by atoms with Crippen LogP contribution in [-0.4, -0.2) is 29.8 Å². The largest absolute Gasteiger partial charge is 0.300 e. The number of hydrogen-bond acceptors (Lipinski definition) is 2. The molecule has 0 radical (unpaired) electrons. The molecule has 1 aromatic rings. The van der Waals surface area contributed by atoms with E-state index >= 15 is 0 Å². The molecule has 3 heteroatoms. The molecule has 0 aliphatic carbocycles. The van der Waals surface area contributed by atoms with Crippen LogP contribution in [0.1, 0.15) is 57.3 Å². The van der Waals surface area contributed by atoms with Crippen LogP contribution >= 0.6 is 15.9 Å². The molecule has 2 nitrogen and oxygen atoms in total. The molecule has 118 valence electrons. The first-order valence-corrected chi connectivity index (χ1v) is 8.80. The molecule has 0 amide bonds. The molecule has 0 unspecified atom stereocenters. The second kappa shape index (κ2) is 9.37. The van der Waals surface area contributed by atoms with Crippen LogP contribution in [0.3, 0.4) is 0 Å². The lowest BCUT2D eigenvalue weighted by Crippen LogP contribution is -2.38. The van der Waals surface area contributed by atoms with Crippen LogP contribution in [0.4, 0.5) is 0 Å². The van der Waals surface area contributed by atoms with Gasteiger partial charge in [-0.2, -0.15) is 0 Å². The highest BCUT2D eigenvalue weighted by molar-refractivity contribution is 9.10. The molecule has 0 saturated heterocycles. The molecule has 1 aromatic carbocycles. The first-order valence-electron chi connectivity index (χ1n) is 8.00. The van der Waals surface area contributed by atoms with Crippen molar-refractivity contribution >= 4 is 21.7 Å². The van der Waals surface area contributed by atoms with Gasteiger partial charge in [0.2, 0.25) is 0 Å². The molecule has 0 aliphatic heterocycles. The molecule has 0 heterocycles. The lowest BCUT2D eigenvalue weighted by Gasteiger charge is -2.31. The Morgan fingerprint density at radius 3 is 2.43 bits per heavy atom. The van der Waals surface area contributed by atoms with E-state index in [9.17, 15) is 4.79 Å². The number of nitrogens with zero attached hydrogens (tertiary/aromatic N) is 1. The van der Waals surface area contributed by atoms with E-state index in [-0.39, 0.29) is 5.78 Å². The highest BCUT2D eigenvalue weighted by Crippen LogP contribution is 2.16. The second-order valence-corrected chi connectivity index (χ2v) is 6.96. The molecule has 0 bridgehead atoms. The summed E-state index contributed by atoms with van der Waals surface area (Å²) in [4.78, 5) is 14.8. The van der Waals surface area contributed by atoms with E-state index in [1.165, 1.54) is 0 Å². The first kappa shape index (κ1) is 18.4. The van der Waals surface area contributed by atoms with Gasteiger partial charge < -0.3 is 0 Å². The van der Waals surface area contributed by atoms with Gasteiger partial charge in [0.25, 0.3) is 0 Å². The van der Waals surface area contributed by atoms with Crippen molar-refractivity contribution in [1.29, 1.82) is 0 Å². The van der Waals surface area contributed by atoms with Gasteiger partial charge in [-0.25, -0.2) is 0 Å². The topological polar surface area (TPSA) is 20.3 Å². The molecular formula is C18H28BrNO. The van der Waals surface area contributed by atoms with Crippen LogP contribution < -0.4 is 0 Å². The van der Waals surface area contributed by atoms with Gasteiger partial charge in [-0.15, -0.1) is 0 Å². The normalized spacial score (nSPS) is 11.6. The molecule has 0 aliphatic rings. The minimum atomic E-state index is 0.232. The summed E-state index contributed by atoms with van der Waals surface area (Å²) in [5, 5.41) is 0. The van der Waals surface area contributed by atoms with Crippen LogP contribution in [0.15, 0.2) is 28.7 Å². The molecule has 0 N–H and O–H groups in total. The number of benzene rings is 1. The molecule has 0 saturated carbocycles. The zero-order valence-electron chi connectivity index (χ0n) is 13.7. The maximum Gasteiger partial charge on any atom is 0.164 e. The summed E-state index contributed by atoms with van der Waals surface area (Å²) in [6.07, 6.45) is 2.89. The maximum atomic E-state index is 12.3. The average molecular weight is 354 g/mol. The third-order valence-corrected chi connectivity index (χ3v) is 4.32. The smallest absolute Gasteiger partial charge is 0.164 e. The van der Waals surface area contributed by atoms with Crippen molar-refractivity contribution < 1.29 is 4.79 Å². The number of halogens is 1. The number of Topliss-reactive ketones (excluding diaryl/α,β-unsaturated/α-hetero) is 1. The Kier molecular flexibility index (Phi) is 8.20. The van der Waals surface area contributed by atoms with Gasteiger partial charge in [-0.3, -0.25) is 9.69 Å². The van der Waals surface area contributed by atoms with E-state index in [4.69, 9.17) is 0 Å². The summed E-state index contributed by atoms with van der Waals surface area (Å²) in [5.74, 6) is 0.864. The van der Waals surface area contributed by atoms with Gasteiger partial charge in [0.05, 0.1) is 0 Å². The van der Waals surface area contributed by atoms with Gasteiger partial charge >= 0.3 is 0 Å². The van der Waals surface area contributed by atoms with E-state index in [2.05, 4.69) is 48.5 Å². The van der Waals surface area contributed by atoms with Gasteiger partial charge in [-0.1, -0.05) is 55.8 Å². The summed E-state index contributed by atoms with van der Waals surface area (Å²) in [5.41, 5.74) is 0.804. The Hall–Kier alpha value is -0.670. The van der Waals surface area contributed by atoms with Crippen LogP contribution in [0.5, 0.6) is 0 Å². The van der Waals surface area contributed by atoms with E-state index in [1.807, 2.05) is 24.3 Å². The predicted octanol–water partition coefficient (Wildman–Crippen LogP) is 5.17. The van der Waals surface area contributed by atoms with Gasteiger partial charge in [-0.05, 0) is 30.9 Å². The zero-order chi connectivity index (χ0) is 15.8. The molecule has 0 atom stereocenters. The molecule has 21 heavy (non-hydrogen) atoms. The number of carbonyl (C=O) groups excluding carboxylic acids is 1. The van der Waals surface area contributed by atoms with Crippen molar-refractivity contribution in [2.45, 2.75) is 53.0 Å². The van der Waals surface area contributed by atoms with Crippen molar-refractivity contribution in [3.63, 3.8) is 0 Å². The van der Waals surface area contributed by atoms with Crippen molar-refractivity contribution in [3.05, 3.63) is 34.3 Å². The minimum Gasteiger partial charge on any atom is -0.300 e. The average Bonchev–Trinajstić information content (AvgIpc) is 2.45. The maximum absolute atomic E-state index is 12.3. The summed E-state index contributed by atoms with van der Waals surface area (Å²) >= 11 is 3.43. The Morgan fingerprint density at radius 1 is 1.24 bits per heavy atom. The van der Waals surface area contributed by atoms with Crippen molar-refractivity contribution in [3.8, 4) is 0 Å². The van der Waals surface area contributed by atoms with E-state index < -0.39 is 0 Å². The minimum absolute atomic E-state index is 0.232. The lowest BCUT2D eigenvalue weighted by atomic mass is 10.0. The monoisotopic (exact) mass is 353 g/mol. The third kappa shape index (κ3) is 6.31. The molecule has 0 fully saturated rings. The summed E-state index contributed by atoms with van der Waals surface area (Å²) in [6.45, 7) is 10.9. The highest BCUT2D eigenvalue weighted by atomic mass is 79.9. The molecular weight excluding hydrogens is 326 g/mol. The van der Waals surface area contributed by atoms with Gasteiger partial charge in [0.1, 0.15) is 0 Å². The predicted molar refractivity (Wildman–Crippen MR) is 93.9 cm³/mol. The second-order valence-electron chi connectivity index (χ2n) is 6.04. The number of ketones is 1. The number of carbonyl (C=O) groups is 1. The fourth-order valence-electron chi connectivity index (χ4n) is 2.75. The summed E-state index contributed by atoms with van der Waals surface area (Å²) in [7, 11) is 0. The Labute approximate surface area is 138 Å². The zero-order valence-corrected chi connectivity index (χ0v) is 15.3. The Balaban J connectivity index is 2.65. The van der Waals surface area contributed by atoms with Crippen LogP contribution in [0.2, 0.25) is 0 Å². The molecule has 0 aromatic heterocycles. The molecule has 1 rings (SSSR count). The lowest BCUT2D eigenvalue weighted by molar-refractivity contribution is 0.0937. The van der Waals surface area contributed by atoms with Crippen LogP contribution in [0.25, 0.3) is 0 Å². The fourth-order valence-corrected chi connectivity index (χ4v) is 3.15. The van der Waals surface area contributed by atoms with E-state index in [1.54, 1.807) is 0 Å². The number of hydrogen-bond donors (Lipinski definition) is 0. The Morgan fingerprint density at radius 2 is 1.90 bits per heavy atom. The van der Waals surface area contributed by atoms with E-state index in [0.717, 1.165) is 36.0 Å². The van der Waals surface area contributed by atoms with Crippen molar-refractivity contribution in [1.82, 2.24) is 4.90 Å². The Bertz CT molecular complexity index is 441. The van der Waals surface area contributed by atoms with E-state index in [0.29, 0.717) is 18.4 Å². The third-order valence-electron chi connectivity index (χ3n) is 3.83. The SMILES string of the molecule is CCC(CC)N(CCC(=O)c1cccc(Br)c1)CC(C)C. The fraction of sp³-hybridized carbons (Fsp3) is 0.611. The van der Waals surface area contributed by atoms with Gasteiger partial charge in [0.15, 0.2) is 5.78 Å². The van der Waals surface area contributed by atoms with Crippen LogP contribution in [-0.2, 0) is 0 Å². The summed E-state index contributed by atoms with van der Waals surface area (Å²) < 4.78 is 0.965. The van der Waals surface area contributed by atoms with Crippen molar-refractivity contribution in [2.24, 2.45) is 5.92 Å².